The summed E-state index contributed by atoms with van der Waals surface area (Å²) < 4.78 is 0. The van der Waals surface area contributed by atoms with Crippen molar-refractivity contribution in [1.82, 2.24) is 10.3 Å². The highest BCUT2D eigenvalue weighted by atomic mass is 16.1. The van der Waals surface area contributed by atoms with E-state index in [-0.39, 0.29) is 5.91 Å². The summed E-state index contributed by atoms with van der Waals surface area (Å²) in [6.45, 7) is 2.71. The van der Waals surface area contributed by atoms with Crippen molar-refractivity contribution < 1.29 is 4.79 Å². The van der Waals surface area contributed by atoms with Crippen molar-refractivity contribution in [3.8, 4) is 0 Å². The molecule has 5 heteroatoms. The number of nitrogens with zero attached hydrogens (tertiary/aromatic N) is 2. The van der Waals surface area contributed by atoms with Gasteiger partial charge in [-0.1, -0.05) is 0 Å². The van der Waals surface area contributed by atoms with Crippen LogP contribution in [0, 0.1) is 0 Å². The summed E-state index contributed by atoms with van der Waals surface area (Å²) in [7, 11) is 0. The van der Waals surface area contributed by atoms with Crippen LogP contribution in [0.1, 0.15) is 12.0 Å². The maximum absolute atomic E-state index is 11.2. The quantitative estimate of drug-likeness (QED) is 0.728. The minimum absolute atomic E-state index is 0.112. The predicted molar refractivity (Wildman–Crippen MR) is 62.0 cm³/mol. The van der Waals surface area contributed by atoms with Gasteiger partial charge in [-0.3, -0.25) is 9.78 Å². The Kier molecular flexibility index (Phi) is 3.36. The lowest BCUT2D eigenvalue weighted by Crippen LogP contribution is -2.29. The maximum Gasteiger partial charge on any atom is 0.221 e. The Labute approximate surface area is 94.6 Å². The van der Waals surface area contributed by atoms with Gasteiger partial charge in [-0.25, -0.2) is 0 Å². The number of hydrogen-bond acceptors (Lipinski definition) is 4. The molecule has 0 aliphatic carbocycles. The van der Waals surface area contributed by atoms with E-state index >= 15 is 0 Å². The molecule has 1 aromatic rings. The van der Waals surface area contributed by atoms with Gasteiger partial charge >= 0.3 is 0 Å². The molecule has 86 valence electrons. The minimum atomic E-state index is 0.112. The number of amides is 1. The van der Waals surface area contributed by atoms with Crippen LogP contribution in [0.15, 0.2) is 18.5 Å². The Morgan fingerprint density at radius 1 is 1.50 bits per heavy atom. The van der Waals surface area contributed by atoms with Gasteiger partial charge in [-0.15, -0.1) is 0 Å². The van der Waals surface area contributed by atoms with Crippen LogP contribution in [0.2, 0.25) is 0 Å². The molecular formula is C11H16N4O. The van der Waals surface area contributed by atoms with E-state index in [1.807, 2.05) is 12.3 Å². The van der Waals surface area contributed by atoms with E-state index in [0.29, 0.717) is 19.5 Å². The molecular weight excluding hydrogens is 204 g/mol. The number of rotatable bonds is 2. The van der Waals surface area contributed by atoms with Crippen molar-refractivity contribution >= 4 is 11.6 Å². The first-order valence-electron chi connectivity index (χ1n) is 5.46. The molecule has 16 heavy (non-hydrogen) atoms. The predicted octanol–water partition coefficient (Wildman–Crippen LogP) is -0.133. The van der Waals surface area contributed by atoms with Crippen LogP contribution in [0.5, 0.6) is 0 Å². The third-order valence-corrected chi connectivity index (χ3v) is 2.76. The molecule has 1 aromatic heterocycles. The fourth-order valence-electron chi connectivity index (χ4n) is 1.88. The number of pyridine rings is 1. The number of carbonyl (C=O) groups is 1. The summed E-state index contributed by atoms with van der Waals surface area (Å²) in [5.41, 5.74) is 7.80. The Morgan fingerprint density at radius 3 is 3.19 bits per heavy atom. The first kappa shape index (κ1) is 10.9. The standard InChI is InChI=1S/C11H16N4O/c12-7-9-1-3-13-8-10(9)15-5-2-11(16)14-4-6-15/h1,3,8H,2,4-7,12H2,(H,14,16). The average molecular weight is 220 g/mol. The Morgan fingerprint density at radius 2 is 2.38 bits per heavy atom. The molecule has 0 saturated carbocycles. The summed E-state index contributed by atoms with van der Waals surface area (Å²) in [4.78, 5) is 17.5. The molecule has 1 aliphatic heterocycles. The first-order chi connectivity index (χ1) is 7.81. The van der Waals surface area contributed by atoms with Crippen LogP contribution in [0.3, 0.4) is 0 Å². The van der Waals surface area contributed by atoms with Gasteiger partial charge in [-0.05, 0) is 11.6 Å². The lowest BCUT2D eigenvalue weighted by molar-refractivity contribution is -0.120. The smallest absolute Gasteiger partial charge is 0.221 e. The van der Waals surface area contributed by atoms with Gasteiger partial charge < -0.3 is 16.0 Å². The summed E-state index contributed by atoms with van der Waals surface area (Å²) in [5, 5.41) is 2.85. The van der Waals surface area contributed by atoms with Crippen LogP contribution < -0.4 is 16.0 Å². The van der Waals surface area contributed by atoms with E-state index in [0.717, 1.165) is 24.3 Å². The highest BCUT2D eigenvalue weighted by Gasteiger charge is 2.15. The van der Waals surface area contributed by atoms with E-state index in [9.17, 15) is 4.79 Å². The van der Waals surface area contributed by atoms with Gasteiger partial charge in [0.15, 0.2) is 0 Å². The second-order valence-electron chi connectivity index (χ2n) is 3.80. The lowest BCUT2D eigenvalue weighted by Gasteiger charge is -2.23. The molecule has 1 amide bonds. The van der Waals surface area contributed by atoms with E-state index < -0.39 is 0 Å². The highest BCUT2D eigenvalue weighted by Crippen LogP contribution is 2.19. The summed E-state index contributed by atoms with van der Waals surface area (Å²) >= 11 is 0. The number of nitrogens with one attached hydrogen (secondary N) is 1. The third kappa shape index (κ3) is 2.30. The minimum Gasteiger partial charge on any atom is -0.368 e. The molecule has 1 saturated heterocycles. The van der Waals surface area contributed by atoms with Crippen LogP contribution in [0.25, 0.3) is 0 Å². The van der Waals surface area contributed by atoms with E-state index in [1.54, 1.807) is 6.20 Å². The lowest BCUT2D eigenvalue weighted by atomic mass is 10.2. The van der Waals surface area contributed by atoms with E-state index in [1.165, 1.54) is 0 Å². The molecule has 1 aliphatic rings. The van der Waals surface area contributed by atoms with Crippen LogP contribution in [-0.2, 0) is 11.3 Å². The zero-order chi connectivity index (χ0) is 11.4. The van der Waals surface area contributed by atoms with Crippen molar-refractivity contribution in [2.45, 2.75) is 13.0 Å². The van der Waals surface area contributed by atoms with Crippen molar-refractivity contribution in [3.63, 3.8) is 0 Å². The molecule has 0 spiro atoms. The van der Waals surface area contributed by atoms with E-state index in [2.05, 4.69) is 15.2 Å². The maximum atomic E-state index is 11.2. The summed E-state index contributed by atoms with van der Waals surface area (Å²) in [6.07, 6.45) is 4.09. The topological polar surface area (TPSA) is 71.2 Å². The molecule has 0 bridgehead atoms. The second kappa shape index (κ2) is 4.94. The van der Waals surface area contributed by atoms with Gasteiger partial charge in [0, 0.05) is 38.8 Å². The number of nitrogens with two attached hydrogens (primary N) is 1. The third-order valence-electron chi connectivity index (χ3n) is 2.76. The molecule has 2 heterocycles. The normalized spacial score (nSPS) is 16.8. The zero-order valence-corrected chi connectivity index (χ0v) is 9.15. The molecule has 0 atom stereocenters. The number of aromatic nitrogens is 1. The molecule has 5 nitrogen and oxygen atoms in total. The Balaban J connectivity index is 2.19. The van der Waals surface area contributed by atoms with Gasteiger partial charge in [0.2, 0.25) is 5.91 Å². The molecule has 0 unspecified atom stereocenters. The number of anilines is 1. The SMILES string of the molecule is NCc1ccncc1N1CCNC(=O)CC1. The van der Waals surface area contributed by atoms with Crippen LogP contribution in [0.4, 0.5) is 5.69 Å². The Hall–Kier alpha value is -1.62. The van der Waals surface area contributed by atoms with E-state index in [4.69, 9.17) is 5.73 Å². The van der Waals surface area contributed by atoms with Gasteiger partial charge in [0.1, 0.15) is 0 Å². The van der Waals surface area contributed by atoms with Crippen LogP contribution >= 0.6 is 0 Å². The van der Waals surface area contributed by atoms with Gasteiger partial charge in [-0.2, -0.15) is 0 Å². The molecule has 0 aromatic carbocycles. The largest absolute Gasteiger partial charge is 0.368 e. The monoisotopic (exact) mass is 220 g/mol. The molecule has 2 rings (SSSR count). The fraction of sp³-hybridized carbons (Fsp3) is 0.455. The second-order valence-corrected chi connectivity index (χ2v) is 3.80. The number of carbonyl (C=O) groups excluding carboxylic acids is 1. The van der Waals surface area contributed by atoms with Crippen molar-refractivity contribution in [3.05, 3.63) is 24.0 Å². The van der Waals surface area contributed by atoms with Gasteiger partial charge in [0.25, 0.3) is 0 Å². The zero-order valence-electron chi connectivity index (χ0n) is 9.15. The van der Waals surface area contributed by atoms with Crippen molar-refractivity contribution in [1.29, 1.82) is 0 Å². The van der Waals surface area contributed by atoms with Crippen molar-refractivity contribution in [2.24, 2.45) is 5.73 Å². The molecule has 0 radical (unpaired) electrons. The summed E-state index contributed by atoms with van der Waals surface area (Å²) in [5.74, 6) is 0.112. The average Bonchev–Trinajstić information content (AvgIpc) is 2.54. The van der Waals surface area contributed by atoms with Crippen LogP contribution in [-0.4, -0.2) is 30.5 Å². The molecule has 1 fully saturated rings. The first-order valence-corrected chi connectivity index (χ1v) is 5.46. The van der Waals surface area contributed by atoms with Crippen molar-refractivity contribution in [2.75, 3.05) is 24.5 Å². The summed E-state index contributed by atoms with van der Waals surface area (Å²) in [6, 6.07) is 1.93. The molecule has 3 N–H and O–H groups in total. The van der Waals surface area contributed by atoms with Gasteiger partial charge in [0.05, 0.1) is 11.9 Å². The highest BCUT2D eigenvalue weighted by molar-refractivity contribution is 5.77. The number of hydrogen-bond donors (Lipinski definition) is 2. The Bertz CT molecular complexity index is 380. The fourth-order valence-corrected chi connectivity index (χ4v) is 1.88.